The van der Waals surface area contributed by atoms with E-state index in [1.807, 2.05) is 48.5 Å². The zero-order valence-electron chi connectivity index (χ0n) is 20.4. The van der Waals surface area contributed by atoms with Crippen LogP contribution in [0.2, 0.25) is 0 Å². The Morgan fingerprint density at radius 3 is 2.14 bits per heavy atom. The zero-order valence-corrected chi connectivity index (χ0v) is 22.0. The quantitative estimate of drug-likeness (QED) is 0.247. The number of ether oxygens (including phenoxy) is 5. The van der Waals surface area contributed by atoms with E-state index in [0.29, 0.717) is 6.61 Å². The Bertz CT molecular complexity index is 1250. The highest BCUT2D eigenvalue weighted by Crippen LogP contribution is 2.47. The summed E-state index contributed by atoms with van der Waals surface area (Å²) in [4.78, 5) is 3.42. The highest BCUT2D eigenvalue weighted by Gasteiger charge is 2.17. The molecule has 1 saturated heterocycles. The van der Waals surface area contributed by atoms with Gasteiger partial charge in [-0.1, -0.05) is 0 Å². The Kier molecular flexibility index (Phi) is 8.93. The van der Waals surface area contributed by atoms with Gasteiger partial charge in [-0.3, -0.25) is 4.90 Å². The van der Waals surface area contributed by atoms with Gasteiger partial charge in [-0.15, -0.1) is 23.7 Å². The maximum atomic E-state index is 6.46. The molecule has 1 aromatic heterocycles. The molecule has 0 unspecified atom stereocenters. The second-order valence-corrected chi connectivity index (χ2v) is 9.28. The van der Waals surface area contributed by atoms with Crippen LogP contribution in [0.1, 0.15) is 0 Å². The predicted octanol–water partition coefficient (Wildman–Crippen LogP) is 6.51. The van der Waals surface area contributed by atoms with E-state index in [-0.39, 0.29) is 12.4 Å². The standard InChI is InChI=1S/C28H29NO5S.ClH/c1-30-21-5-3-20(4-6-21)28-27(25-12-11-24(31-2)19-26(25)35-28)34-23-9-7-22(8-10-23)33-18-15-29-13-16-32-17-14-29;/h3-12,19H,13-18H2,1-2H3;1H. The summed E-state index contributed by atoms with van der Waals surface area (Å²) in [5, 5.41) is 1.05. The molecule has 0 saturated carbocycles. The zero-order chi connectivity index (χ0) is 24.0. The Hall–Kier alpha value is -2.97. The molecule has 1 aliphatic rings. The van der Waals surface area contributed by atoms with Crippen LogP contribution in [-0.4, -0.2) is 58.6 Å². The third-order valence-corrected chi connectivity index (χ3v) is 7.21. The van der Waals surface area contributed by atoms with Crippen LogP contribution in [0, 0.1) is 0 Å². The summed E-state index contributed by atoms with van der Waals surface area (Å²) in [6, 6.07) is 21.9. The first-order valence-corrected chi connectivity index (χ1v) is 12.5. The number of hydrogen-bond donors (Lipinski definition) is 0. The molecule has 2 heterocycles. The van der Waals surface area contributed by atoms with Crippen molar-refractivity contribution in [2.75, 3.05) is 53.7 Å². The van der Waals surface area contributed by atoms with E-state index in [0.717, 1.165) is 82.1 Å². The van der Waals surface area contributed by atoms with Crippen molar-refractivity contribution in [2.24, 2.45) is 0 Å². The number of halogens is 1. The van der Waals surface area contributed by atoms with Gasteiger partial charge in [0.25, 0.3) is 0 Å². The van der Waals surface area contributed by atoms with E-state index < -0.39 is 0 Å². The number of benzene rings is 3. The smallest absolute Gasteiger partial charge is 0.153 e. The van der Waals surface area contributed by atoms with Crippen LogP contribution in [0.4, 0.5) is 0 Å². The van der Waals surface area contributed by atoms with E-state index in [9.17, 15) is 0 Å². The maximum Gasteiger partial charge on any atom is 0.153 e. The SMILES string of the molecule is COc1ccc(-c2sc3cc(OC)ccc3c2Oc2ccc(OCCN3CCOCC3)cc2)cc1.Cl. The Balaban J connectivity index is 0.00000304. The summed E-state index contributed by atoms with van der Waals surface area (Å²) in [6.45, 7) is 5.08. The van der Waals surface area contributed by atoms with Crippen molar-refractivity contribution in [3.63, 3.8) is 0 Å². The van der Waals surface area contributed by atoms with Crippen molar-refractivity contribution in [3.8, 4) is 39.2 Å². The lowest BCUT2D eigenvalue weighted by atomic mass is 10.1. The number of thiophene rings is 1. The molecule has 36 heavy (non-hydrogen) atoms. The van der Waals surface area contributed by atoms with Crippen LogP contribution in [0.15, 0.2) is 66.7 Å². The summed E-state index contributed by atoms with van der Waals surface area (Å²) in [6.07, 6.45) is 0. The molecule has 190 valence electrons. The molecule has 8 heteroatoms. The first kappa shape index (κ1) is 26.1. The molecule has 0 atom stereocenters. The number of nitrogens with zero attached hydrogens (tertiary/aromatic N) is 1. The van der Waals surface area contributed by atoms with Crippen molar-refractivity contribution >= 4 is 33.8 Å². The molecule has 6 nitrogen and oxygen atoms in total. The Morgan fingerprint density at radius 1 is 0.806 bits per heavy atom. The lowest BCUT2D eigenvalue weighted by molar-refractivity contribution is 0.0322. The van der Waals surface area contributed by atoms with Crippen molar-refractivity contribution in [3.05, 3.63) is 66.7 Å². The largest absolute Gasteiger partial charge is 0.497 e. The number of rotatable bonds is 9. The van der Waals surface area contributed by atoms with E-state index in [4.69, 9.17) is 23.7 Å². The van der Waals surface area contributed by atoms with Crippen LogP contribution in [0.5, 0.6) is 28.7 Å². The number of methoxy groups -OCH3 is 2. The van der Waals surface area contributed by atoms with Gasteiger partial charge in [-0.25, -0.2) is 0 Å². The van der Waals surface area contributed by atoms with Crippen molar-refractivity contribution in [2.45, 2.75) is 0 Å². The van der Waals surface area contributed by atoms with Crippen LogP contribution < -0.4 is 18.9 Å². The number of hydrogen-bond acceptors (Lipinski definition) is 7. The minimum atomic E-state index is 0. The van der Waals surface area contributed by atoms with Crippen LogP contribution in [-0.2, 0) is 4.74 Å². The fraction of sp³-hybridized carbons (Fsp3) is 0.286. The van der Waals surface area contributed by atoms with E-state index in [1.54, 1.807) is 25.6 Å². The molecular weight excluding hydrogens is 498 g/mol. The predicted molar refractivity (Wildman–Crippen MR) is 147 cm³/mol. The third-order valence-electron chi connectivity index (χ3n) is 6.03. The molecule has 3 aromatic carbocycles. The molecular formula is C28H30ClNO5S. The molecule has 0 amide bonds. The minimum absolute atomic E-state index is 0. The second kappa shape index (κ2) is 12.3. The molecule has 0 aliphatic carbocycles. The van der Waals surface area contributed by atoms with Crippen molar-refractivity contribution < 1.29 is 23.7 Å². The Morgan fingerprint density at radius 2 is 1.44 bits per heavy atom. The monoisotopic (exact) mass is 527 g/mol. The van der Waals surface area contributed by atoms with Crippen LogP contribution in [0.25, 0.3) is 20.5 Å². The van der Waals surface area contributed by atoms with E-state index in [1.165, 1.54) is 0 Å². The number of morpholine rings is 1. The first-order valence-electron chi connectivity index (χ1n) is 11.7. The average Bonchev–Trinajstić information content (AvgIpc) is 3.27. The third kappa shape index (κ3) is 6.05. The van der Waals surface area contributed by atoms with Gasteiger partial charge >= 0.3 is 0 Å². The molecule has 0 spiro atoms. The lowest BCUT2D eigenvalue weighted by Crippen LogP contribution is -2.38. The van der Waals surface area contributed by atoms with Gasteiger partial charge in [0, 0.05) is 29.7 Å². The molecule has 4 aromatic rings. The second-order valence-electron chi connectivity index (χ2n) is 8.23. The Labute approximate surface area is 221 Å². The van der Waals surface area contributed by atoms with Gasteiger partial charge in [0.05, 0.1) is 32.3 Å². The van der Waals surface area contributed by atoms with Gasteiger partial charge in [-0.2, -0.15) is 0 Å². The van der Waals surface area contributed by atoms with Gasteiger partial charge in [0.2, 0.25) is 0 Å². The van der Waals surface area contributed by atoms with E-state index in [2.05, 4.69) is 23.1 Å². The van der Waals surface area contributed by atoms with Gasteiger partial charge in [-0.05, 0) is 72.3 Å². The van der Waals surface area contributed by atoms with Crippen molar-refractivity contribution in [1.29, 1.82) is 0 Å². The molecule has 1 aliphatic heterocycles. The highest BCUT2D eigenvalue weighted by molar-refractivity contribution is 7.22. The molecule has 0 N–H and O–H groups in total. The van der Waals surface area contributed by atoms with Crippen LogP contribution in [0.3, 0.4) is 0 Å². The van der Waals surface area contributed by atoms with Crippen molar-refractivity contribution in [1.82, 2.24) is 4.90 Å². The minimum Gasteiger partial charge on any atom is -0.497 e. The first-order chi connectivity index (χ1) is 17.2. The summed E-state index contributed by atoms with van der Waals surface area (Å²) >= 11 is 1.68. The average molecular weight is 528 g/mol. The molecule has 1 fully saturated rings. The summed E-state index contributed by atoms with van der Waals surface area (Å²) in [5.41, 5.74) is 1.07. The van der Waals surface area contributed by atoms with Gasteiger partial charge < -0.3 is 23.7 Å². The number of fused-ring (bicyclic) bond motifs is 1. The normalized spacial score (nSPS) is 13.7. The fourth-order valence-corrected chi connectivity index (χ4v) is 5.22. The highest BCUT2D eigenvalue weighted by atomic mass is 35.5. The van der Waals surface area contributed by atoms with Gasteiger partial charge in [0.1, 0.15) is 29.6 Å². The summed E-state index contributed by atoms with van der Waals surface area (Å²) in [7, 11) is 3.35. The van der Waals surface area contributed by atoms with Gasteiger partial charge in [0.15, 0.2) is 5.75 Å². The lowest BCUT2D eigenvalue weighted by Gasteiger charge is -2.26. The topological polar surface area (TPSA) is 49.4 Å². The molecule has 5 rings (SSSR count). The van der Waals surface area contributed by atoms with E-state index >= 15 is 0 Å². The molecule has 0 radical (unpaired) electrons. The summed E-state index contributed by atoms with van der Waals surface area (Å²) in [5.74, 6) is 4.07. The molecule has 0 bridgehead atoms. The summed E-state index contributed by atoms with van der Waals surface area (Å²) < 4.78 is 29.7. The maximum absolute atomic E-state index is 6.46. The fourth-order valence-electron chi connectivity index (χ4n) is 4.05. The van der Waals surface area contributed by atoms with Crippen LogP contribution >= 0.6 is 23.7 Å².